The van der Waals surface area contributed by atoms with Gasteiger partial charge in [0.2, 0.25) is 0 Å². The minimum Gasteiger partial charge on any atom is -0.508 e. The monoisotopic (exact) mass is 269 g/mol. The highest BCUT2D eigenvalue weighted by Gasteiger charge is 2.13. The van der Waals surface area contributed by atoms with Crippen molar-refractivity contribution in [1.82, 2.24) is 5.32 Å². The van der Waals surface area contributed by atoms with Crippen molar-refractivity contribution in [3.8, 4) is 11.5 Å². The van der Waals surface area contributed by atoms with E-state index in [4.69, 9.17) is 0 Å². The fourth-order valence-corrected chi connectivity index (χ4v) is 2.71. The second-order valence-corrected chi connectivity index (χ2v) is 5.91. The van der Waals surface area contributed by atoms with Crippen LogP contribution in [0.4, 0.5) is 0 Å². The van der Waals surface area contributed by atoms with E-state index >= 15 is 0 Å². The number of phenolic OH excluding ortho intramolecular Hbond substituents is 2. The van der Waals surface area contributed by atoms with Gasteiger partial charge >= 0.3 is 0 Å². The molecule has 102 valence electrons. The Morgan fingerprint density at radius 2 is 2.00 bits per heavy atom. The molecule has 0 bridgehead atoms. The van der Waals surface area contributed by atoms with E-state index in [-0.39, 0.29) is 17.5 Å². The maximum absolute atomic E-state index is 9.78. The van der Waals surface area contributed by atoms with E-state index < -0.39 is 0 Å². The molecule has 1 aromatic rings. The smallest absolute Gasteiger partial charge is 0.124 e. The van der Waals surface area contributed by atoms with Gasteiger partial charge in [-0.1, -0.05) is 13.0 Å². The molecule has 4 heteroatoms. The molecule has 3 nitrogen and oxygen atoms in total. The van der Waals surface area contributed by atoms with Crippen molar-refractivity contribution in [1.29, 1.82) is 0 Å². The molecule has 18 heavy (non-hydrogen) atoms. The first-order valence-corrected chi connectivity index (χ1v) is 7.55. The summed E-state index contributed by atoms with van der Waals surface area (Å²) in [7, 11) is 0. The van der Waals surface area contributed by atoms with E-state index in [1.165, 1.54) is 6.07 Å². The van der Waals surface area contributed by atoms with Gasteiger partial charge in [0.15, 0.2) is 0 Å². The summed E-state index contributed by atoms with van der Waals surface area (Å²) < 4.78 is 0. The van der Waals surface area contributed by atoms with E-state index in [2.05, 4.69) is 19.2 Å². The molecule has 0 aliphatic carbocycles. The molecule has 0 saturated carbocycles. The number of nitrogens with one attached hydrogen (secondary N) is 1. The van der Waals surface area contributed by atoms with Crippen LogP contribution in [0.1, 0.15) is 38.8 Å². The van der Waals surface area contributed by atoms with Crippen molar-refractivity contribution in [2.75, 3.05) is 11.5 Å². The molecular formula is C14H23NO2S. The quantitative estimate of drug-likeness (QED) is 0.665. The minimum absolute atomic E-state index is 0.0761. The van der Waals surface area contributed by atoms with Crippen LogP contribution in [-0.2, 0) is 0 Å². The summed E-state index contributed by atoms with van der Waals surface area (Å²) in [5.74, 6) is 2.54. The van der Waals surface area contributed by atoms with Gasteiger partial charge in [0.05, 0.1) is 0 Å². The van der Waals surface area contributed by atoms with Crippen LogP contribution in [0.25, 0.3) is 0 Å². The normalized spacial score (nSPS) is 14.4. The fraction of sp³-hybridized carbons (Fsp3) is 0.571. The van der Waals surface area contributed by atoms with Crippen LogP contribution in [0.15, 0.2) is 18.2 Å². The van der Waals surface area contributed by atoms with Crippen LogP contribution in [0.3, 0.4) is 0 Å². The first-order valence-electron chi connectivity index (χ1n) is 6.40. The van der Waals surface area contributed by atoms with Crippen LogP contribution in [0.2, 0.25) is 0 Å². The van der Waals surface area contributed by atoms with Gasteiger partial charge in [0.25, 0.3) is 0 Å². The summed E-state index contributed by atoms with van der Waals surface area (Å²) >= 11 is 1.94. The molecule has 3 N–H and O–H groups in total. The summed E-state index contributed by atoms with van der Waals surface area (Å²) in [5.41, 5.74) is 0.822. The lowest BCUT2D eigenvalue weighted by Crippen LogP contribution is -2.29. The van der Waals surface area contributed by atoms with Crippen LogP contribution >= 0.6 is 11.8 Å². The second kappa shape index (κ2) is 7.54. The average Bonchev–Trinajstić information content (AvgIpc) is 2.28. The Kier molecular flexibility index (Phi) is 6.36. The van der Waals surface area contributed by atoms with Gasteiger partial charge in [-0.3, -0.25) is 0 Å². The molecule has 1 rings (SSSR count). The highest BCUT2D eigenvalue weighted by atomic mass is 32.2. The maximum atomic E-state index is 9.78. The molecule has 0 saturated heterocycles. The first-order chi connectivity index (χ1) is 8.54. The number of benzene rings is 1. The zero-order chi connectivity index (χ0) is 13.5. The number of phenols is 2. The van der Waals surface area contributed by atoms with Gasteiger partial charge in [0, 0.05) is 23.7 Å². The fourth-order valence-electron chi connectivity index (χ4n) is 1.90. The molecule has 0 radical (unpaired) electrons. The molecule has 1 aromatic carbocycles. The lowest BCUT2D eigenvalue weighted by molar-refractivity contribution is 0.422. The third-order valence-corrected chi connectivity index (χ3v) is 3.85. The van der Waals surface area contributed by atoms with Crippen LogP contribution in [0.5, 0.6) is 11.5 Å². The summed E-state index contributed by atoms with van der Waals surface area (Å²) in [5, 5.41) is 22.5. The Balaban J connectivity index is 2.51. The Morgan fingerprint density at radius 1 is 1.28 bits per heavy atom. The SMILES string of the molecule is CCSCCC(C)NC(C)c1ccc(O)cc1O. The second-order valence-electron chi connectivity index (χ2n) is 4.52. The molecule has 0 aliphatic heterocycles. The molecule has 0 aromatic heterocycles. The largest absolute Gasteiger partial charge is 0.508 e. The Bertz CT molecular complexity index is 371. The summed E-state index contributed by atoms with van der Waals surface area (Å²) in [4.78, 5) is 0. The molecule has 0 spiro atoms. The molecule has 2 unspecified atom stereocenters. The lowest BCUT2D eigenvalue weighted by atomic mass is 10.1. The third kappa shape index (κ3) is 4.78. The molecule has 2 atom stereocenters. The van der Waals surface area contributed by atoms with Gasteiger partial charge in [-0.05, 0) is 37.8 Å². The Labute approximate surface area is 114 Å². The molecule has 0 aliphatic rings. The van der Waals surface area contributed by atoms with Gasteiger partial charge in [0.1, 0.15) is 11.5 Å². The van der Waals surface area contributed by atoms with E-state index in [1.54, 1.807) is 12.1 Å². The first kappa shape index (κ1) is 15.2. The van der Waals surface area contributed by atoms with Crippen molar-refractivity contribution in [2.24, 2.45) is 0 Å². The molecule has 0 heterocycles. The summed E-state index contributed by atoms with van der Waals surface area (Å²) in [6.45, 7) is 6.35. The predicted octanol–water partition coefficient (Wildman–Crippen LogP) is 3.28. The Morgan fingerprint density at radius 3 is 2.61 bits per heavy atom. The summed E-state index contributed by atoms with van der Waals surface area (Å²) in [6, 6.07) is 5.23. The summed E-state index contributed by atoms with van der Waals surface area (Å²) in [6.07, 6.45) is 1.11. The number of hydrogen-bond donors (Lipinski definition) is 3. The third-order valence-electron chi connectivity index (χ3n) is 2.91. The van der Waals surface area contributed by atoms with Gasteiger partial charge in [-0.2, -0.15) is 11.8 Å². The Hall–Kier alpha value is -0.870. The zero-order valence-corrected chi connectivity index (χ0v) is 12.1. The number of aromatic hydroxyl groups is 2. The van der Waals surface area contributed by atoms with Gasteiger partial charge < -0.3 is 15.5 Å². The molecule has 0 amide bonds. The van der Waals surface area contributed by atoms with Crippen molar-refractivity contribution < 1.29 is 10.2 Å². The highest BCUT2D eigenvalue weighted by molar-refractivity contribution is 7.99. The predicted molar refractivity (Wildman–Crippen MR) is 78.4 cm³/mol. The topological polar surface area (TPSA) is 52.5 Å². The van der Waals surface area contributed by atoms with E-state index in [0.29, 0.717) is 6.04 Å². The maximum Gasteiger partial charge on any atom is 0.124 e. The van der Waals surface area contributed by atoms with Crippen LogP contribution in [0, 0.1) is 0 Å². The molecule has 0 fully saturated rings. The number of thioether (sulfide) groups is 1. The van der Waals surface area contributed by atoms with Crippen molar-refractivity contribution in [3.63, 3.8) is 0 Å². The number of hydrogen-bond acceptors (Lipinski definition) is 4. The van der Waals surface area contributed by atoms with Crippen LogP contribution < -0.4 is 5.32 Å². The average molecular weight is 269 g/mol. The van der Waals surface area contributed by atoms with Gasteiger partial charge in [-0.25, -0.2) is 0 Å². The van der Waals surface area contributed by atoms with Crippen molar-refractivity contribution >= 4 is 11.8 Å². The lowest BCUT2D eigenvalue weighted by Gasteiger charge is -2.21. The standard InChI is InChI=1S/C14H23NO2S/c1-4-18-8-7-10(2)15-11(3)13-6-5-12(16)9-14(13)17/h5-6,9-11,15-17H,4,7-8H2,1-3H3. The molecular weight excluding hydrogens is 246 g/mol. The van der Waals surface area contributed by atoms with E-state index in [0.717, 1.165) is 23.5 Å². The highest BCUT2D eigenvalue weighted by Crippen LogP contribution is 2.28. The number of rotatable bonds is 7. The zero-order valence-electron chi connectivity index (χ0n) is 11.3. The van der Waals surface area contributed by atoms with E-state index in [9.17, 15) is 10.2 Å². The van der Waals surface area contributed by atoms with Crippen molar-refractivity contribution in [3.05, 3.63) is 23.8 Å². The minimum atomic E-state index is 0.0761. The van der Waals surface area contributed by atoms with Crippen molar-refractivity contribution in [2.45, 2.75) is 39.3 Å². The van der Waals surface area contributed by atoms with E-state index in [1.807, 2.05) is 18.7 Å². The van der Waals surface area contributed by atoms with Gasteiger partial charge in [-0.15, -0.1) is 0 Å². The van der Waals surface area contributed by atoms with Crippen LogP contribution in [-0.4, -0.2) is 27.8 Å².